The van der Waals surface area contributed by atoms with E-state index in [2.05, 4.69) is 0 Å². The molecule has 2 aromatic carbocycles. The first-order chi connectivity index (χ1) is 11.8. The summed E-state index contributed by atoms with van der Waals surface area (Å²) in [5.74, 6) is -3.57. The van der Waals surface area contributed by atoms with E-state index in [1.165, 1.54) is 30.3 Å². The Morgan fingerprint density at radius 1 is 0.960 bits per heavy atom. The second-order valence-electron chi connectivity index (χ2n) is 5.29. The zero-order valence-electron chi connectivity index (χ0n) is 12.9. The highest BCUT2D eigenvalue weighted by Crippen LogP contribution is 2.28. The van der Waals surface area contributed by atoms with Crippen LogP contribution < -0.4 is 0 Å². The van der Waals surface area contributed by atoms with E-state index >= 15 is 0 Å². The van der Waals surface area contributed by atoms with Crippen LogP contribution in [0.5, 0.6) is 17.2 Å². The Balaban J connectivity index is 2.09. The highest BCUT2D eigenvalue weighted by atomic mass is 16.6. The van der Waals surface area contributed by atoms with E-state index in [-0.39, 0.29) is 17.7 Å². The zero-order chi connectivity index (χ0) is 18.6. The number of aliphatic hydroxyl groups excluding tert-OH is 1. The second kappa shape index (κ2) is 7.54. The molecule has 0 aromatic heterocycles. The van der Waals surface area contributed by atoms with Crippen molar-refractivity contribution in [1.82, 2.24) is 0 Å². The number of carboxylic acid groups (broad SMARTS) is 1. The summed E-state index contributed by atoms with van der Waals surface area (Å²) in [4.78, 5) is 23.3. The number of rotatable bonds is 6. The molecule has 2 rings (SSSR count). The largest absolute Gasteiger partial charge is 0.508 e. The van der Waals surface area contributed by atoms with Crippen LogP contribution in [0.25, 0.3) is 0 Å². The first-order valence-corrected chi connectivity index (χ1v) is 7.19. The number of carboxylic acids is 1. The molecule has 0 heterocycles. The van der Waals surface area contributed by atoms with E-state index in [1.807, 2.05) is 0 Å². The number of aromatic hydroxyl groups is 3. The Morgan fingerprint density at radius 2 is 1.60 bits per heavy atom. The molecule has 2 unspecified atom stereocenters. The van der Waals surface area contributed by atoms with Crippen molar-refractivity contribution in [1.29, 1.82) is 0 Å². The van der Waals surface area contributed by atoms with Gasteiger partial charge in [0.05, 0.1) is 0 Å². The summed E-state index contributed by atoms with van der Waals surface area (Å²) in [5, 5.41) is 47.0. The molecular weight excluding hydrogens is 332 g/mol. The quantitative estimate of drug-likeness (QED) is 0.385. The molecule has 2 atom stereocenters. The maximum Gasteiger partial charge on any atom is 0.345 e. The van der Waals surface area contributed by atoms with Crippen molar-refractivity contribution in [3.63, 3.8) is 0 Å². The van der Waals surface area contributed by atoms with E-state index in [1.54, 1.807) is 0 Å². The van der Waals surface area contributed by atoms with E-state index in [9.17, 15) is 35.1 Å². The highest BCUT2D eigenvalue weighted by Gasteiger charge is 2.28. The molecular formula is C17H16O8. The summed E-state index contributed by atoms with van der Waals surface area (Å²) >= 11 is 0. The number of ether oxygens (including phenoxy) is 1. The van der Waals surface area contributed by atoms with Crippen molar-refractivity contribution < 1.29 is 39.9 Å². The van der Waals surface area contributed by atoms with Crippen molar-refractivity contribution in [2.45, 2.75) is 18.6 Å². The molecule has 0 aliphatic heterocycles. The number of aliphatic carboxylic acids is 1. The number of carbonyl (C=O) groups is 2. The monoisotopic (exact) mass is 348 g/mol. The molecule has 0 aliphatic carbocycles. The van der Waals surface area contributed by atoms with Gasteiger partial charge in [0.2, 0.25) is 6.10 Å². The lowest BCUT2D eigenvalue weighted by Crippen LogP contribution is -2.31. The fraction of sp³-hybridized carbons (Fsp3) is 0.176. The molecule has 5 N–H and O–H groups in total. The SMILES string of the molecule is O=C(O)C(Cc1ccc(O)cc1)OC(=O)C(O)c1ccc(O)c(O)c1. The topological polar surface area (TPSA) is 145 Å². The van der Waals surface area contributed by atoms with Crippen LogP contribution in [0.1, 0.15) is 17.2 Å². The Kier molecular flexibility index (Phi) is 5.45. The van der Waals surface area contributed by atoms with Crippen molar-refractivity contribution in [2.75, 3.05) is 0 Å². The van der Waals surface area contributed by atoms with Crippen LogP contribution in [0, 0.1) is 0 Å². The summed E-state index contributed by atoms with van der Waals surface area (Å²) < 4.78 is 4.84. The maximum atomic E-state index is 12.0. The molecule has 8 nitrogen and oxygen atoms in total. The Labute approximate surface area is 142 Å². The average Bonchev–Trinajstić information content (AvgIpc) is 2.57. The van der Waals surface area contributed by atoms with E-state index in [0.717, 1.165) is 12.1 Å². The van der Waals surface area contributed by atoms with Crippen LogP contribution in [0.15, 0.2) is 42.5 Å². The minimum atomic E-state index is -1.83. The Hall–Kier alpha value is -3.26. The molecule has 0 aliphatic rings. The van der Waals surface area contributed by atoms with Gasteiger partial charge in [-0.05, 0) is 35.4 Å². The summed E-state index contributed by atoms with van der Waals surface area (Å²) in [6, 6.07) is 8.93. The number of benzene rings is 2. The molecule has 0 fully saturated rings. The molecule has 0 spiro atoms. The number of phenols is 3. The van der Waals surface area contributed by atoms with Crippen LogP contribution in [0.4, 0.5) is 0 Å². The van der Waals surface area contributed by atoms with Crippen LogP contribution in [-0.4, -0.2) is 43.6 Å². The van der Waals surface area contributed by atoms with Gasteiger partial charge in [-0.3, -0.25) is 0 Å². The summed E-state index contributed by atoms with van der Waals surface area (Å²) in [5.41, 5.74) is 0.448. The minimum Gasteiger partial charge on any atom is -0.508 e. The molecule has 25 heavy (non-hydrogen) atoms. The lowest BCUT2D eigenvalue weighted by atomic mass is 10.1. The molecule has 8 heteroatoms. The molecule has 0 radical (unpaired) electrons. The van der Waals surface area contributed by atoms with Gasteiger partial charge in [-0.25, -0.2) is 9.59 Å². The third-order valence-corrected chi connectivity index (χ3v) is 3.43. The van der Waals surface area contributed by atoms with Gasteiger partial charge in [0, 0.05) is 6.42 Å². The number of hydrogen-bond acceptors (Lipinski definition) is 7. The normalized spacial score (nSPS) is 13.0. The lowest BCUT2D eigenvalue weighted by Gasteiger charge is -2.17. The van der Waals surface area contributed by atoms with Gasteiger partial charge in [-0.15, -0.1) is 0 Å². The average molecular weight is 348 g/mol. The third-order valence-electron chi connectivity index (χ3n) is 3.43. The van der Waals surface area contributed by atoms with Crippen LogP contribution >= 0.6 is 0 Å². The summed E-state index contributed by atoms with van der Waals surface area (Å²) in [6.07, 6.45) is -3.53. The molecule has 0 amide bonds. The van der Waals surface area contributed by atoms with E-state index in [0.29, 0.717) is 5.56 Å². The second-order valence-corrected chi connectivity index (χ2v) is 5.29. The minimum absolute atomic E-state index is 0.00943. The van der Waals surface area contributed by atoms with Crippen molar-refractivity contribution >= 4 is 11.9 Å². The molecule has 0 saturated carbocycles. The first kappa shape index (κ1) is 18.1. The van der Waals surface area contributed by atoms with Gasteiger partial charge < -0.3 is 30.3 Å². The lowest BCUT2D eigenvalue weighted by molar-refractivity contribution is -0.170. The van der Waals surface area contributed by atoms with Gasteiger partial charge in [0.1, 0.15) is 5.75 Å². The number of esters is 1. The third kappa shape index (κ3) is 4.61. The standard InChI is InChI=1S/C17H16O8/c18-11-4-1-9(2-5-11)7-14(16(22)23)25-17(24)15(21)10-3-6-12(19)13(20)8-10/h1-6,8,14-15,18-21H,7H2,(H,22,23). The van der Waals surface area contributed by atoms with Crippen LogP contribution in [0.2, 0.25) is 0 Å². The van der Waals surface area contributed by atoms with Gasteiger partial charge in [0.15, 0.2) is 17.6 Å². The first-order valence-electron chi connectivity index (χ1n) is 7.19. The van der Waals surface area contributed by atoms with Gasteiger partial charge >= 0.3 is 11.9 Å². The predicted molar refractivity (Wildman–Crippen MR) is 84.1 cm³/mol. The van der Waals surface area contributed by atoms with E-state index < -0.39 is 35.6 Å². The molecule has 2 aromatic rings. The van der Waals surface area contributed by atoms with Crippen molar-refractivity contribution in [2.24, 2.45) is 0 Å². The number of aliphatic hydroxyl groups is 1. The summed E-state index contributed by atoms with van der Waals surface area (Å²) in [7, 11) is 0. The smallest absolute Gasteiger partial charge is 0.345 e. The highest BCUT2D eigenvalue weighted by molar-refractivity contribution is 5.81. The molecule has 0 bridgehead atoms. The summed E-state index contributed by atoms with van der Waals surface area (Å²) in [6.45, 7) is 0. The van der Waals surface area contributed by atoms with Crippen LogP contribution in [0.3, 0.4) is 0 Å². The van der Waals surface area contributed by atoms with Gasteiger partial charge in [0.25, 0.3) is 0 Å². The molecule has 0 saturated heterocycles. The fourth-order valence-electron chi connectivity index (χ4n) is 2.08. The van der Waals surface area contributed by atoms with Crippen molar-refractivity contribution in [3.8, 4) is 17.2 Å². The number of carbonyl (C=O) groups excluding carboxylic acids is 1. The van der Waals surface area contributed by atoms with Gasteiger partial charge in [-0.1, -0.05) is 18.2 Å². The predicted octanol–water partition coefficient (Wildman–Crippen LogP) is 1.08. The maximum absolute atomic E-state index is 12.0. The van der Waals surface area contributed by atoms with Crippen molar-refractivity contribution in [3.05, 3.63) is 53.6 Å². The number of phenolic OH excluding ortho intramolecular Hbond substituents is 3. The zero-order valence-corrected chi connectivity index (χ0v) is 12.9. The van der Waals surface area contributed by atoms with Crippen LogP contribution in [-0.2, 0) is 20.7 Å². The van der Waals surface area contributed by atoms with Gasteiger partial charge in [-0.2, -0.15) is 0 Å². The Bertz CT molecular complexity index is 769. The van der Waals surface area contributed by atoms with E-state index in [4.69, 9.17) is 4.74 Å². The fourth-order valence-corrected chi connectivity index (χ4v) is 2.08. The Morgan fingerprint density at radius 3 is 2.16 bits per heavy atom. The number of hydrogen-bond donors (Lipinski definition) is 5. The molecule has 132 valence electrons.